The fourth-order valence-corrected chi connectivity index (χ4v) is 1.27. The van der Waals surface area contributed by atoms with E-state index in [1.54, 1.807) is 22.9 Å². The Hall–Kier alpha value is -0.970. The Morgan fingerprint density at radius 3 is 2.43 bits per heavy atom. The van der Waals surface area contributed by atoms with E-state index in [4.69, 9.17) is 5.26 Å². The van der Waals surface area contributed by atoms with Gasteiger partial charge in [-0.2, -0.15) is 18.4 Å². The number of nitrogens with zero attached hydrogens (tertiary/aromatic N) is 1. The summed E-state index contributed by atoms with van der Waals surface area (Å²) in [5, 5.41) is 8.47. The highest BCUT2D eigenvalue weighted by Gasteiger charge is 2.33. The average molecular weight is 312 g/mol. The van der Waals surface area contributed by atoms with E-state index in [0.29, 0.717) is 5.69 Å². The number of hydrogen-bond acceptors (Lipinski definition) is 2. The molecule has 1 N–H and O–H groups in total. The lowest BCUT2D eigenvalue weighted by Crippen LogP contribution is -2.07. The highest BCUT2D eigenvalue weighted by Crippen LogP contribution is 2.33. The molecule has 0 spiro atoms. The summed E-state index contributed by atoms with van der Waals surface area (Å²) >= 11 is 1.72. The van der Waals surface area contributed by atoms with Crippen LogP contribution in [0.1, 0.15) is 11.1 Å². The molecule has 0 aliphatic rings. The molecule has 1 rings (SSSR count). The zero-order chi connectivity index (χ0) is 10.8. The maximum Gasteiger partial charge on any atom is 0.417 e. The molecule has 0 fully saturated rings. The van der Waals surface area contributed by atoms with Gasteiger partial charge in [0.25, 0.3) is 0 Å². The second-order valence-electron chi connectivity index (χ2n) is 2.46. The minimum Gasteiger partial charge on any atom is -0.328 e. The predicted octanol–water partition coefficient (Wildman–Crippen LogP) is 3.34. The summed E-state index contributed by atoms with van der Waals surface area (Å²) in [6.07, 6.45) is -4.49. The molecule has 0 saturated heterocycles. The molecule has 2 nitrogen and oxygen atoms in total. The van der Waals surface area contributed by atoms with E-state index < -0.39 is 11.7 Å². The minimum absolute atomic E-state index is 0.317. The first-order valence-electron chi connectivity index (χ1n) is 3.47. The van der Waals surface area contributed by atoms with Gasteiger partial charge in [-0.15, -0.1) is 0 Å². The molecule has 0 aliphatic heterocycles. The number of nitriles is 1. The fraction of sp³-hybridized carbons (Fsp3) is 0.125. The first-order valence-corrected chi connectivity index (χ1v) is 4.55. The largest absolute Gasteiger partial charge is 0.417 e. The summed E-state index contributed by atoms with van der Waals surface area (Å²) in [5.41, 5.74) is -0.966. The molecule has 6 heteroatoms. The Kier molecular flexibility index (Phi) is 3.21. The lowest BCUT2D eigenvalue weighted by molar-refractivity contribution is -0.137. The van der Waals surface area contributed by atoms with Gasteiger partial charge in [0, 0.05) is 5.69 Å². The molecule has 14 heavy (non-hydrogen) atoms. The molecule has 0 heterocycles. The van der Waals surface area contributed by atoms with E-state index in [9.17, 15) is 13.2 Å². The van der Waals surface area contributed by atoms with Crippen LogP contribution >= 0.6 is 22.9 Å². The molecule has 0 radical (unpaired) electrons. The molecule has 0 amide bonds. The number of rotatable bonds is 1. The van der Waals surface area contributed by atoms with Gasteiger partial charge in [0.05, 0.1) is 40.1 Å². The van der Waals surface area contributed by atoms with Crippen molar-refractivity contribution in [2.75, 3.05) is 3.53 Å². The van der Waals surface area contributed by atoms with Crippen molar-refractivity contribution >= 4 is 28.6 Å². The van der Waals surface area contributed by atoms with Crippen molar-refractivity contribution in [2.24, 2.45) is 0 Å². The molecule has 0 bridgehead atoms. The van der Waals surface area contributed by atoms with E-state index in [1.807, 2.05) is 0 Å². The van der Waals surface area contributed by atoms with Gasteiger partial charge >= 0.3 is 6.18 Å². The van der Waals surface area contributed by atoms with Crippen LogP contribution < -0.4 is 3.53 Å². The third-order valence-electron chi connectivity index (χ3n) is 1.55. The van der Waals surface area contributed by atoms with Crippen molar-refractivity contribution in [1.82, 2.24) is 0 Å². The summed E-state index contributed by atoms with van der Waals surface area (Å²) in [4.78, 5) is 0. The van der Waals surface area contributed by atoms with Crippen LogP contribution in [-0.2, 0) is 6.18 Å². The Bertz CT molecular complexity index is 381. The highest BCUT2D eigenvalue weighted by atomic mass is 127. The predicted molar refractivity (Wildman–Crippen MR) is 53.8 cm³/mol. The third kappa shape index (κ3) is 2.29. The maximum atomic E-state index is 12.4. The third-order valence-corrected chi connectivity index (χ3v) is 2.18. The van der Waals surface area contributed by atoms with Crippen molar-refractivity contribution in [3.63, 3.8) is 0 Å². The summed E-state index contributed by atoms with van der Waals surface area (Å²) in [6.45, 7) is 0. The second kappa shape index (κ2) is 4.04. The lowest BCUT2D eigenvalue weighted by atomic mass is 10.1. The Balaban J connectivity index is 3.31. The standard InChI is InChI=1S/C8H4F3IN2/c9-8(10,11)7-3-6(14-12)2-1-5(7)4-13/h1-3,14H. The van der Waals surface area contributed by atoms with Crippen LogP contribution in [0, 0.1) is 11.3 Å². The van der Waals surface area contributed by atoms with Crippen LogP contribution in [-0.4, -0.2) is 0 Å². The number of hydrogen-bond donors (Lipinski definition) is 1. The number of anilines is 1. The van der Waals surface area contributed by atoms with Crippen molar-refractivity contribution in [3.05, 3.63) is 29.3 Å². The first kappa shape index (κ1) is 11.1. The molecule has 0 atom stereocenters. The smallest absolute Gasteiger partial charge is 0.328 e. The van der Waals surface area contributed by atoms with Gasteiger partial charge in [0.2, 0.25) is 0 Å². The maximum absolute atomic E-state index is 12.4. The van der Waals surface area contributed by atoms with Gasteiger partial charge in [-0.1, -0.05) is 0 Å². The van der Waals surface area contributed by atoms with Gasteiger partial charge in [0.15, 0.2) is 0 Å². The quantitative estimate of drug-likeness (QED) is 0.638. The zero-order valence-corrected chi connectivity index (χ0v) is 8.85. The second-order valence-corrected chi connectivity index (χ2v) is 3.00. The van der Waals surface area contributed by atoms with Crippen molar-refractivity contribution in [3.8, 4) is 6.07 Å². The topological polar surface area (TPSA) is 35.8 Å². The lowest BCUT2D eigenvalue weighted by Gasteiger charge is -2.09. The normalized spacial score (nSPS) is 10.8. The van der Waals surface area contributed by atoms with Crippen molar-refractivity contribution < 1.29 is 13.2 Å². The summed E-state index contributed by atoms with van der Waals surface area (Å²) in [5.74, 6) is 0. The Morgan fingerprint density at radius 2 is 2.00 bits per heavy atom. The molecule has 0 aliphatic carbocycles. The first-order chi connectivity index (χ1) is 6.49. The number of alkyl halides is 3. The Morgan fingerprint density at radius 1 is 1.36 bits per heavy atom. The molecule has 0 aromatic heterocycles. The molecular weight excluding hydrogens is 308 g/mol. The van der Waals surface area contributed by atoms with Gasteiger partial charge in [-0.3, -0.25) is 0 Å². The van der Waals surface area contributed by atoms with Crippen molar-refractivity contribution in [2.45, 2.75) is 6.18 Å². The Labute approximate surface area is 92.2 Å². The van der Waals surface area contributed by atoms with Crippen molar-refractivity contribution in [1.29, 1.82) is 5.26 Å². The van der Waals surface area contributed by atoms with Gasteiger partial charge in [-0.25, -0.2) is 0 Å². The summed E-state index contributed by atoms with van der Waals surface area (Å²) < 4.78 is 39.7. The van der Waals surface area contributed by atoms with E-state index in [2.05, 4.69) is 3.53 Å². The number of halogens is 4. The van der Waals surface area contributed by atoms with Crippen LogP contribution in [0.3, 0.4) is 0 Å². The molecule has 1 aromatic carbocycles. The molecule has 0 saturated carbocycles. The SMILES string of the molecule is N#Cc1ccc(NI)cc1C(F)(F)F. The van der Waals surface area contributed by atoms with Crippen LogP contribution in [0.5, 0.6) is 0 Å². The number of benzene rings is 1. The van der Waals surface area contributed by atoms with E-state index in [1.165, 1.54) is 12.1 Å². The van der Waals surface area contributed by atoms with Crippen LogP contribution in [0.2, 0.25) is 0 Å². The van der Waals surface area contributed by atoms with Gasteiger partial charge < -0.3 is 3.53 Å². The molecular formula is C8H4F3IN2. The molecule has 1 aromatic rings. The monoisotopic (exact) mass is 312 g/mol. The summed E-state index contributed by atoms with van der Waals surface area (Å²) in [6, 6.07) is 4.97. The highest BCUT2D eigenvalue weighted by molar-refractivity contribution is 14.1. The van der Waals surface area contributed by atoms with Crippen LogP contribution in [0.15, 0.2) is 18.2 Å². The molecule has 0 unspecified atom stereocenters. The van der Waals surface area contributed by atoms with Gasteiger partial charge in [-0.05, 0) is 18.2 Å². The van der Waals surface area contributed by atoms with E-state index in [0.717, 1.165) is 12.1 Å². The van der Waals surface area contributed by atoms with Crippen LogP contribution in [0.25, 0.3) is 0 Å². The minimum atomic E-state index is -4.49. The fourth-order valence-electron chi connectivity index (χ4n) is 0.935. The molecule has 74 valence electrons. The van der Waals surface area contributed by atoms with Gasteiger partial charge in [0.1, 0.15) is 0 Å². The van der Waals surface area contributed by atoms with E-state index in [-0.39, 0.29) is 5.56 Å². The van der Waals surface area contributed by atoms with E-state index >= 15 is 0 Å². The zero-order valence-electron chi connectivity index (χ0n) is 6.69. The average Bonchev–Trinajstić information content (AvgIpc) is 2.15. The summed E-state index contributed by atoms with van der Waals surface area (Å²) in [7, 11) is 0. The number of nitrogens with one attached hydrogen (secondary N) is 1. The van der Waals surface area contributed by atoms with Crippen LogP contribution in [0.4, 0.5) is 18.9 Å².